The first kappa shape index (κ1) is 25.6. The highest BCUT2D eigenvalue weighted by Crippen LogP contribution is 2.46. The van der Waals surface area contributed by atoms with Gasteiger partial charge in [0, 0.05) is 23.7 Å². The number of aromatic nitrogens is 3. The van der Waals surface area contributed by atoms with E-state index < -0.39 is 22.0 Å². The molecule has 2 aliphatic rings. The Morgan fingerprint density at radius 1 is 1.24 bits per heavy atom. The lowest BCUT2D eigenvalue weighted by Crippen LogP contribution is -2.50. The van der Waals surface area contributed by atoms with E-state index in [1.54, 1.807) is 13.8 Å². The number of rotatable bonds is 8. The minimum absolute atomic E-state index is 0.0335. The fourth-order valence-electron chi connectivity index (χ4n) is 4.26. The third-order valence-electron chi connectivity index (χ3n) is 6.25. The molecule has 1 aliphatic heterocycles. The normalized spacial score (nSPS) is 22.9. The lowest BCUT2D eigenvalue weighted by molar-refractivity contribution is -0.123. The van der Waals surface area contributed by atoms with Crippen molar-refractivity contribution in [3.8, 4) is 5.88 Å². The van der Waals surface area contributed by atoms with Crippen LogP contribution in [0.3, 0.4) is 0 Å². The molecule has 1 aromatic carbocycles. The summed E-state index contributed by atoms with van der Waals surface area (Å²) in [6.07, 6.45) is 7.62. The number of aliphatic imine (C=N–C) groups is 1. The van der Waals surface area contributed by atoms with E-state index in [-0.39, 0.29) is 47.3 Å². The van der Waals surface area contributed by atoms with Crippen LogP contribution < -0.4 is 21.1 Å². The topological polar surface area (TPSA) is 158 Å². The number of carbonyl (C=O) groups is 2. The number of benzene rings is 1. The number of amides is 2. The number of halogens is 1. The molecule has 2 atom stereocenters. The van der Waals surface area contributed by atoms with E-state index in [1.807, 2.05) is 0 Å². The summed E-state index contributed by atoms with van der Waals surface area (Å²) in [5.74, 6) is -0.649. The Morgan fingerprint density at radius 3 is 2.74 bits per heavy atom. The van der Waals surface area contributed by atoms with Crippen molar-refractivity contribution in [2.24, 2.45) is 10.7 Å². The van der Waals surface area contributed by atoms with Crippen molar-refractivity contribution in [1.82, 2.24) is 20.3 Å². The Morgan fingerprint density at radius 2 is 2.05 bits per heavy atom. The molecule has 4 N–H and O–H groups in total. The van der Waals surface area contributed by atoms with E-state index in [4.69, 9.17) is 14.9 Å². The molecule has 5 rings (SSSR count). The predicted octanol–water partition coefficient (Wildman–Crippen LogP) is 3.14. The summed E-state index contributed by atoms with van der Waals surface area (Å²) in [6.45, 7) is 3.59. The number of carbonyl (C=O) groups excluding carboxylic acids is 2. The van der Waals surface area contributed by atoms with Crippen LogP contribution in [-0.4, -0.2) is 42.7 Å². The van der Waals surface area contributed by atoms with Crippen LogP contribution in [0.5, 0.6) is 5.88 Å². The molecule has 0 unspecified atom stereocenters. The summed E-state index contributed by atoms with van der Waals surface area (Å²) in [7, 11) is 0. The number of amidine groups is 1. The molecule has 13 heteroatoms. The van der Waals surface area contributed by atoms with Crippen LogP contribution in [0.1, 0.15) is 55.1 Å². The van der Waals surface area contributed by atoms with E-state index in [1.165, 1.54) is 54.8 Å². The first-order chi connectivity index (χ1) is 18.1. The maximum Gasteiger partial charge on any atom is 0.275 e. The highest BCUT2D eigenvalue weighted by molar-refractivity contribution is 8.15. The second-order valence-electron chi connectivity index (χ2n) is 9.58. The van der Waals surface area contributed by atoms with E-state index in [2.05, 4.69) is 30.6 Å². The zero-order valence-corrected chi connectivity index (χ0v) is 21.5. The van der Waals surface area contributed by atoms with E-state index >= 15 is 4.39 Å². The number of hydrogen-bond acceptors (Lipinski definition) is 10. The van der Waals surface area contributed by atoms with Gasteiger partial charge in [-0.15, -0.1) is 0 Å². The minimum atomic E-state index is -1.13. The molecule has 198 valence electrons. The van der Waals surface area contributed by atoms with Crippen molar-refractivity contribution in [3.63, 3.8) is 0 Å². The predicted molar refractivity (Wildman–Crippen MR) is 138 cm³/mol. The quantitative estimate of drug-likeness (QED) is 0.391. The van der Waals surface area contributed by atoms with Crippen LogP contribution >= 0.6 is 11.8 Å². The Bertz CT molecular complexity index is 1380. The van der Waals surface area contributed by atoms with E-state index in [9.17, 15) is 9.59 Å². The van der Waals surface area contributed by atoms with Gasteiger partial charge in [-0.25, -0.2) is 19.3 Å². The summed E-state index contributed by atoms with van der Waals surface area (Å²) >= 11 is 1.17. The average molecular weight is 540 g/mol. The largest absolute Gasteiger partial charge is 0.467 e. The molecular weight excluding hydrogens is 513 g/mol. The molecule has 2 amide bonds. The summed E-state index contributed by atoms with van der Waals surface area (Å²) in [5, 5.41) is 5.92. The third-order valence-corrected chi connectivity index (χ3v) is 7.33. The molecular formula is C25H26FN7O4S. The Balaban J connectivity index is 1.30. The molecule has 0 radical (unpaired) electrons. The van der Waals surface area contributed by atoms with Crippen molar-refractivity contribution in [3.05, 3.63) is 66.0 Å². The van der Waals surface area contributed by atoms with Gasteiger partial charge < -0.3 is 25.5 Å². The van der Waals surface area contributed by atoms with Crippen molar-refractivity contribution in [2.75, 3.05) is 5.32 Å². The molecule has 0 bridgehead atoms. The first-order valence-corrected chi connectivity index (χ1v) is 12.8. The molecule has 11 nitrogen and oxygen atoms in total. The molecule has 0 saturated heterocycles. The number of anilines is 1. The molecule has 1 saturated carbocycles. The molecule has 1 aliphatic carbocycles. The zero-order chi connectivity index (χ0) is 26.9. The number of nitrogens with one attached hydrogen (secondary N) is 2. The van der Waals surface area contributed by atoms with Crippen molar-refractivity contribution >= 4 is 34.4 Å². The van der Waals surface area contributed by atoms with Gasteiger partial charge >= 0.3 is 0 Å². The standard InChI is InChI=1S/C25H26FN7O4S/c1-24(13-25(2,38-23(27)33-24)22(35)32-14-3-4-14)16-9-15(5-6-17(16)26)31-21(34)18-10-30-19(11-29-18)37-12-20-28-7-8-36-20/h5-11,14H,3-4,12-13H2,1-2H3,(H2,27,33)(H,31,34)(H,32,35)/t24-,25+/m0/s1. The lowest BCUT2D eigenvalue weighted by atomic mass is 9.82. The highest BCUT2D eigenvalue weighted by atomic mass is 32.2. The number of thioether (sulfide) groups is 1. The van der Waals surface area contributed by atoms with Gasteiger partial charge in [0.05, 0.1) is 24.1 Å². The monoisotopic (exact) mass is 539 g/mol. The summed E-state index contributed by atoms with van der Waals surface area (Å²) in [6, 6.07) is 4.36. The number of nitrogens with zero attached hydrogens (tertiary/aromatic N) is 4. The fourth-order valence-corrected chi connectivity index (χ4v) is 5.47. The number of nitrogens with two attached hydrogens (primary N) is 1. The number of hydrogen-bond donors (Lipinski definition) is 3. The van der Waals surface area contributed by atoms with Crippen molar-refractivity contribution in [1.29, 1.82) is 0 Å². The average Bonchev–Trinajstić information content (AvgIpc) is 3.53. The van der Waals surface area contributed by atoms with E-state index in [0.29, 0.717) is 11.6 Å². The maximum absolute atomic E-state index is 15.1. The van der Waals surface area contributed by atoms with Crippen LogP contribution in [0.2, 0.25) is 0 Å². The van der Waals surface area contributed by atoms with E-state index in [0.717, 1.165) is 12.8 Å². The van der Waals surface area contributed by atoms with Crippen molar-refractivity contribution in [2.45, 2.75) is 56.0 Å². The van der Waals surface area contributed by atoms with Gasteiger partial charge in [-0.3, -0.25) is 14.6 Å². The third kappa shape index (κ3) is 5.62. The van der Waals surface area contributed by atoms with Gasteiger partial charge in [0.1, 0.15) is 22.5 Å². The first-order valence-electron chi connectivity index (χ1n) is 11.9. The number of oxazole rings is 1. The summed E-state index contributed by atoms with van der Waals surface area (Å²) < 4.78 is 24.7. The lowest BCUT2D eigenvalue weighted by Gasteiger charge is -2.40. The van der Waals surface area contributed by atoms with Crippen molar-refractivity contribution < 1.29 is 23.1 Å². The molecule has 3 aromatic rings. The van der Waals surface area contributed by atoms with Gasteiger partial charge in [-0.1, -0.05) is 11.8 Å². The SMILES string of the molecule is C[C@]1(C(=O)NC2CC2)C[C@@](C)(c2cc(NC(=O)c3cnc(OCc4ncco4)cn3)ccc2F)N=C(N)S1. The van der Waals surface area contributed by atoms with Gasteiger partial charge in [0.15, 0.2) is 11.8 Å². The summed E-state index contributed by atoms with van der Waals surface area (Å²) in [5.41, 5.74) is 5.57. The zero-order valence-electron chi connectivity index (χ0n) is 20.7. The smallest absolute Gasteiger partial charge is 0.275 e. The number of ether oxygens (including phenoxy) is 1. The van der Waals surface area contributed by atoms with Gasteiger partial charge in [0.2, 0.25) is 17.7 Å². The molecule has 2 aromatic heterocycles. The van der Waals surface area contributed by atoms with Crippen LogP contribution in [0.4, 0.5) is 10.1 Å². The molecule has 1 fully saturated rings. The van der Waals surface area contributed by atoms with Crippen LogP contribution in [0.25, 0.3) is 0 Å². The van der Waals surface area contributed by atoms with Crippen LogP contribution in [0.15, 0.2) is 52.5 Å². The minimum Gasteiger partial charge on any atom is -0.467 e. The maximum atomic E-state index is 15.1. The van der Waals surface area contributed by atoms with Crippen LogP contribution in [0, 0.1) is 5.82 Å². The fraction of sp³-hybridized carbons (Fsp3) is 0.360. The Kier molecular flexibility index (Phi) is 6.78. The Labute approximate surface area is 221 Å². The second-order valence-corrected chi connectivity index (χ2v) is 11.1. The highest BCUT2D eigenvalue weighted by Gasteiger charge is 2.48. The van der Waals surface area contributed by atoms with Gasteiger partial charge in [-0.2, -0.15) is 0 Å². The Hall–Kier alpha value is -4.00. The summed E-state index contributed by atoms with van der Waals surface area (Å²) in [4.78, 5) is 42.4. The van der Waals surface area contributed by atoms with Gasteiger partial charge in [-0.05, 0) is 44.9 Å². The molecule has 0 spiro atoms. The second kappa shape index (κ2) is 10.0. The molecule has 3 heterocycles. The van der Waals surface area contributed by atoms with Gasteiger partial charge in [0.25, 0.3) is 5.91 Å². The molecule has 38 heavy (non-hydrogen) atoms. The van der Waals surface area contributed by atoms with Crippen LogP contribution in [-0.2, 0) is 16.9 Å².